The zero-order valence-electron chi connectivity index (χ0n) is 11.1. The third-order valence-corrected chi connectivity index (χ3v) is 3.11. The predicted octanol–water partition coefficient (Wildman–Crippen LogP) is 2.20. The second-order valence-electron chi connectivity index (χ2n) is 4.51. The average Bonchev–Trinajstić information content (AvgIpc) is 2.31. The van der Waals surface area contributed by atoms with Crippen LogP contribution in [0.15, 0.2) is 18.2 Å². The molecular weight excluding hydrogens is 287 g/mol. The third kappa shape index (κ3) is 4.82. The molecule has 0 aliphatic heterocycles. The minimum atomic E-state index is -0.165. The molecule has 0 heterocycles. The van der Waals surface area contributed by atoms with Gasteiger partial charge >= 0.3 is 0 Å². The van der Waals surface area contributed by atoms with Crippen LogP contribution in [0.2, 0.25) is 10.0 Å². The highest BCUT2D eigenvalue weighted by atomic mass is 35.5. The van der Waals surface area contributed by atoms with E-state index in [1.807, 2.05) is 0 Å². The first-order valence-corrected chi connectivity index (χ1v) is 6.43. The van der Waals surface area contributed by atoms with Crippen molar-refractivity contribution >= 4 is 34.9 Å². The van der Waals surface area contributed by atoms with E-state index in [0.717, 1.165) is 0 Å². The van der Waals surface area contributed by atoms with Crippen LogP contribution in [-0.2, 0) is 4.79 Å². The fourth-order valence-electron chi connectivity index (χ4n) is 1.47. The van der Waals surface area contributed by atoms with Gasteiger partial charge in [0.05, 0.1) is 18.1 Å². The lowest BCUT2D eigenvalue weighted by atomic mass is 10.1. The summed E-state index contributed by atoms with van der Waals surface area (Å²) in [5.74, 6) is -0.228. The molecule has 0 aliphatic rings. The van der Waals surface area contributed by atoms with Crippen LogP contribution >= 0.6 is 23.2 Å². The third-order valence-electron chi connectivity index (χ3n) is 2.55. The van der Waals surface area contributed by atoms with E-state index in [4.69, 9.17) is 23.2 Å². The minimum absolute atomic E-state index is 0.0625. The second kappa shape index (κ2) is 6.89. The Morgan fingerprint density at radius 3 is 2.32 bits per heavy atom. The van der Waals surface area contributed by atoms with Crippen molar-refractivity contribution in [2.75, 3.05) is 34.2 Å². The Labute approximate surface area is 122 Å². The summed E-state index contributed by atoms with van der Waals surface area (Å²) in [6.07, 6.45) is 0. The lowest BCUT2D eigenvalue weighted by Crippen LogP contribution is -2.37. The van der Waals surface area contributed by atoms with Crippen LogP contribution in [0.25, 0.3) is 0 Å². The standard InChI is InChI=1S/C13H16Cl2N2O2/c1-16(2)13(19)8-17(3)7-12(18)10-6-9(14)4-5-11(10)15/h4-6H,7-8H2,1-3H3. The van der Waals surface area contributed by atoms with Crippen molar-refractivity contribution in [2.45, 2.75) is 0 Å². The van der Waals surface area contributed by atoms with Gasteiger partial charge in [-0.05, 0) is 25.2 Å². The number of rotatable bonds is 5. The number of hydrogen-bond acceptors (Lipinski definition) is 3. The molecule has 0 aliphatic carbocycles. The minimum Gasteiger partial charge on any atom is -0.348 e. The lowest BCUT2D eigenvalue weighted by molar-refractivity contribution is -0.129. The predicted molar refractivity (Wildman–Crippen MR) is 77.0 cm³/mol. The topological polar surface area (TPSA) is 40.6 Å². The van der Waals surface area contributed by atoms with E-state index in [9.17, 15) is 9.59 Å². The zero-order valence-corrected chi connectivity index (χ0v) is 12.6. The van der Waals surface area contributed by atoms with E-state index in [1.165, 1.54) is 11.0 Å². The highest BCUT2D eigenvalue weighted by Gasteiger charge is 2.15. The molecule has 1 aromatic carbocycles. The molecule has 19 heavy (non-hydrogen) atoms. The molecule has 104 valence electrons. The maximum Gasteiger partial charge on any atom is 0.236 e. The summed E-state index contributed by atoms with van der Waals surface area (Å²) in [6.45, 7) is 0.288. The van der Waals surface area contributed by atoms with Gasteiger partial charge in [-0.3, -0.25) is 14.5 Å². The van der Waals surface area contributed by atoms with E-state index in [1.54, 1.807) is 38.2 Å². The van der Waals surface area contributed by atoms with Crippen molar-refractivity contribution in [3.63, 3.8) is 0 Å². The van der Waals surface area contributed by atoms with Crippen molar-refractivity contribution in [1.82, 2.24) is 9.80 Å². The van der Waals surface area contributed by atoms with Crippen LogP contribution in [-0.4, -0.2) is 55.7 Å². The highest BCUT2D eigenvalue weighted by molar-refractivity contribution is 6.36. The first kappa shape index (κ1) is 16.0. The Morgan fingerprint density at radius 1 is 1.11 bits per heavy atom. The van der Waals surface area contributed by atoms with Gasteiger partial charge in [0.1, 0.15) is 0 Å². The van der Waals surface area contributed by atoms with E-state index < -0.39 is 0 Å². The van der Waals surface area contributed by atoms with Crippen LogP contribution in [0, 0.1) is 0 Å². The Morgan fingerprint density at radius 2 is 1.74 bits per heavy atom. The van der Waals surface area contributed by atoms with E-state index in [-0.39, 0.29) is 24.8 Å². The zero-order chi connectivity index (χ0) is 14.6. The molecule has 0 aromatic heterocycles. The van der Waals surface area contributed by atoms with Gasteiger partial charge < -0.3 is 4.90 Å². The van der Waals surface area contributed by atoms with Gasteiger partial charge in [0.25, 0.3) is 0 Å². The summed E-state index contributed by atoms with van der Waals surface area (Å²) in [5.41, 5.74) is 0.373. The maximum atomic E-state index is 12.1. The summed E-state index contributed by atoms with van der Waals surface area (Å²) in [5, 5.41) is 0.821. The van der Waals surface area contributed by atoms with E-state index in [2.05, 4.69) is 0 Å². The molecule has 0 spiro atoms. The maximum absolute atomic E-state index is 12.1. The average molecular weight is 303 g/mol. The molecule has 0 bridgehead atoms. The summed E-state index contributed by atoms with van der Waals surface area (Å²) < 4.78 is 0. The number of ketones is 1. The molecule has 0 N–H and O–H groups in total. The van der Waals surface area contributed by atoms with E-state index >= 15 is 0 Å². The number of halogens is 2. The van der Waals surface area contributed by atoms with Crippen molar-refractivity contribution in [3.8, 4) is 0 Å². The first-order chi connectivity index (χ1) is 8.81. The molecule has 4 nitrogen and oxygen atoms in total. The van der Waals surface area contributed by atoms with Crippen molar-refractivity contribution in [3.05, 3.63) is 33.8 Å². The smallest absolute Gasteiger partial charge is 0.236 e. The van der Waals surface area contributed by atoms with Crippen molar-refractivity contribution in [1.29, 1.82) is 0 Å². The second-order valence-corrected chi connectivity index (χ2v) is 5.35. The van der Waals surface area contributed by atoms with Crippen LogP contribution in [0.4, 0.5) is 0 Å². The Kier molecular flexibility index (Phi) is 5.79. The molecule has 0 radical (unpaired) electrons. The lowest BCUT2D eigenvalue weighted by Gasteiger charge is -2.18. The largest absolute Gasteiger partial charge is 0.348 e. The number of carbonyl (C=O) groups is 2. The molecule has 0 fully saturated rings. The van der Waals surface area contributed by atoms with Gasteiger partial charge in [0.15, 0.2) is 5.78 Å². The van der Waals surface area contributed by atoms with E-state index in [0.29, 0.717) is 15.6 Å². The number of carbonyl (C=O) groups excluding carboxylic acids is 2. The van der Waals surface area contributed by atoms with Gasteiger partial charge in [0.2, 0.25) is 5.91 Å². The van der Waals surface area contributed by atoms with Gasteiger partial charge in [0, 0.05) is 24.7 Å². The highest BCUT2D eigenvalue weighted by Crippen LogP contribution is 2.21. The number of hydrogen-bond donors (Lipinski definition) is 0. The quantitative estimate of drug-likeness (QED) is 0.783. The fourth-order valence-corrected chi connectivity index (χ4v) is 1.86. The SMILES string of the molecule is CN(CC(=O)c1cc(Cl)ccc1Cl)CC(=O)N(C)C. The van der Waals surface area contributed by atoms with Gasteiger partial charge in [-0.2, -0.15) is 0 Å². The number of amides is 1. The monoisotopic (exact) mass is 302 g/mol. The molecule has 1 aromatic rings. The number of Topliss-reactive ketones (excluding diaryl/α,β-unsaturated/α-hetero) is 1. The van der Waals surface area contributed by atoms with Crippen LogP contribution in [0.1, 0.15) is 10.4 Å². The molecule has 1 rings (SSSR count). The molecule has 0 saturated carbocycles. The Hall–Kier alpha value is -1.10. The molecule has 0 unspecified atom stereocenters. The van der Waals surface area contributed by atoms with Gasteiger partial charge in [-0.1, -0.05) is 23.2 Å². The van der Waals surface area contributed by atoms with Crippen LogP contribution in [0.5, 0.6) is 0 Å². The van der Waals surface area contributed by atoms with Crippen LogP contribution in [0.3, 0.4) is 0 Å². The Bertz CT molecular complexity index is 490. The van der Waals surface area contributed by atoms with Crippen molar-refractivity contribution < 1.29 is 9.59 Å². The molecule has 0 saturated heterocycles. The number of benzene rings is 1. The number of likely N-dealkylation sites (N-methyl/N-ethyl adjacent to an activating group) is 2. The van der Waals surface area contributed by atoms with Crippen LogP contribution < -0.4 is 0 Å². The molecule has 0 atom stereocenters. The molecule has 6 heteroatoms. The first-order valence-electron chi connectivity index (χ1n) is 5.68. The number of nitrogens with zero attached hydrogens (tertiary/aromatic N) is 2. The van der Waals surface area contributed by atoms with Crippen molar-refractivity contribution in [2.24, 2.45) is 0 Å². The molecule has 1 amide bonds. The summed E-state index contributed by atoms with van der Waals surface area (Å²) in [7, 11) is 5.05. The normalized spacial score (nSPS) is 10.6. The fraction of sp³-hybridized carbons (Fsp3) is 0.385. The Balaban J connectivity index is 2.69. The van der Waals surface area contributed by atoms with Gasteiger partial charge in [-0.25, -0.2) is 0 Å². The molecular formula is C13H16Cl2N2O2. The van der Waals surface area contributed by atoms with Gasteiger partial charge in [-0.15, -0.1) is 0 Å². The summed E-state index contributed by atoms with van der Waals surface area (Å²) in [6, 6.07) is 4.75. The summed E-state index contributed by atoms with van der Waals surface area (Å²) in [4.78, 5) is 26.7. The summed E-state index contributed by atoms with van der Waals surface area (Å²) >= 11 is 11.8.